The van der Waals surface area contributed by atoms with Gasteiger partial charge < -0.3 is 20.6 Å². The van der Waals surface area contributed by atoms with Crippen molar-refractivity contribution in [3.05, 3.63) is 29.8 Å². The lowest BCUT2D eigenvalue weighted by Crippen LogP contribution is -2.49. The summed E-state index contributed by atoms with van der Waals surface area (Å²) < 4.78 is 0. The maximum atomic E-state index is 11.8. The van der Waals surface area contributed by atoms with Crippen molar-refractivity contribution in [3.63, 3.8) is 0 Å². The van der Waals surface area contributed by atoms with Gasteiger partial charge in [-0.15, -0.1) is 0 Å². The number of likely N-dealkylation sites (N-methyl/N-ethyl adjacent to an activating group) is 1. The highest BCUT2D eigenvalue weighted by Crippen LogP contribution is 2.11. The summed E-state index contributed by atoms with van der Waals surface area (Å²) in [7, 11) is 1.71. The molecule has 1 aliphatic heterocycles. The predicted octanol–water partition coefficient (Wildman–Crippen LogP) is 1.13. The van der Waals surface area contributed by atoms with Crippen molar-refractivity contribution in [2.24, 2.45) is 0 Å². The second-order valence-corrected chi connectivity index (χ2v) is 4.99. The molecule has 3 amide bonds. The zero-order valence-electron chi connectivity index (χ0n) is 11.6. The van der Waals surface area contributed by atoms with Crippen molar-refractivity contribution >= 4 is 23.6 Å². The van der Waals surface area contributed by atoms with Crippen LogP contribution in [-0.2, 0) is 4.79 Å². The number of rotatable bonds is 3. The fraction of sp³-hybridized carbons (Fsp3) is 0.357. The van der Waals surface area contributed by atoms with Crippen LogP contribution >= 0.6 is 0 Å². The number of amides is 3. The van der Waals surface area contributed by atoms with Crippen molar-refractivity contribution < 1.29 is 19.5 Å². The minimum atomic E-state index is -1.01. The van der Waals surface area contributed by atoms with Gasteiger partial charge in [0.05, 0.1) is 5.56 Å². The van der Waals surface area contributed by atoms with Crippen molar-refractivity contribution in [1.29, 1.82) is 0 Å². The maximum Gasteiger partial charge on any atom is 0.335 e. The first-order valence-electron chi connectivity index (χ1n) is 6.60. The number of likely N-dealkylation sites (tertiary alicyclic amines) is 1. The lowest BCUT2D eigenvalue weighted by Gasteiger charge is -2.30. The van der Waals surface area contributed by atoms with Crippen LogP contribution in [0.4, 0.5) is 10.5 Å². The number of carboxylic acid groups (broad SMARTS) is 1. The summed E-state index contributed by atoms with van der Waals surface area (Å²) in [6.07, 6.45) is 1.04. The summed E-state index contributed by atoms with van der Waals surface area (Å²) in [6.45, 7) is 0.490. The molecule has 7 heteroatoms. The van der Waals surface area contributed by atoms with Gasteiger partial charge in [0, 0.05) is 31.7 Å². The number of carbonyl (C=O) groups is 3. The molecular formula is C14H17N3O4. The first kappa shape index (κ1) is 14.8. The largest absolute Gasteiger partial charge is 0.478 e. The minimum absolute atomic E-state index is 0.0778. The van der Waals surface area contributed by atoms with Gasteiger partial charge in [-0.05, 0) is 30.7 Å². The van der Waals surface area contributed by atoms with Crippen molar-refractivity contribution in [3.8, 4) is 0 Å². The summed E-state index contributed by atoms with van der Waals surface area (Å²) in [5.74, 6) is -0.932. The van der Waals surface area contributed by atoms with Gasteiger partial charge in [0.25, 0.3) is 0 Å². The third-order valence-corrected chi connectivity index (χ3v) is 3.35. The third kappa shape index (κ3) is 3.95. The molecular weight excluding hydrogens is 274 g/mol. The van der Waals surface area contributed by atoms with Crippen LogP contribution in [0.25, 0.3) is 0 Å². The number of nitrogens with zero attached hydrogens (tertiary/aromatic N) is 1. The molecule has 0 aromatic heterocycles. The molecule has 0 radical (unpaired) electrons. The van der Waals surface area contributed by atoms with E-state index >= 15 is 0 Å². The van der Waals surface area contributed by atoms with E-state index in [-0.39, 0.29) is 23.5 Å². The van der Waals surface area contributed by atoms with E-state index in [1.165, 1.54) is 24.3 Å². The molecule has 1 heterocycles. The van der Waals surface area contributed by atoms with E-state index < -0.39 is 5.97 Å². The lowest BCUT2D eigenvalue weighted by atomic mass is 10.1. The maximum absolute atomic E-state index is 11.8. The van der Waals surface area contributed by atoms with Crippen molar-refractivity contribution in [1.82, 2.24) is 10.2 Å². The molecule has 2 rings (SSSR count). The Morgan fingerprint density at radius 1 is 1.29 bits per heavy atom. The van der Waals surface area contributed by atoms with Crippen LogP contribution in [0.3, 0.4) is 0 Å². The molecule has 1 aromatic carbocycles. The molecule has 1 saturated heterocycles. The Kier molecular flexibility index (Phi) is 4.42. The lowest BCUT2D eigenvalue weighted by molar-refractivity contribution is -0.132. The molecule has 1 aromatic rings. The number of hydrogen-bond donors (Lipinski definition) is 3. The van der Waals surface area contributed by atoms with Gasteiger partial charge in [-0.25, -0.2) is 9.59 Å². The van der Waals surface area contributed by atoms with Gasteiger partial charge in [0.2, 0.25) is 5.91 Å². The topological polar surface area (TPSA) is 98.7 Å². The number of carboxylic acids is 1. The monoisotopic (exact) mass is 291 g/mol. The molecule has 1 fully saturated rings. The normalized spacial score (nSPS) is 18.2. The summed E-state index contributed by atoms with van der Waals surface area (Å²) in [5, 5.41) is 14.2. The summed E-state index contributed by atoms with van der Waals surface area (Å²) >= 11 is 0. The molecule has 7 nitrogen and oxygen atoms in total. The SMILES string of the molecule is CN1CC(NC(=O)Nc2ccc(C(=O)O)cc2)CCC1=O. The first-order valence-corrected chi connectivity index (χ1v) is 6.60. The van der Waals surface area contributed by atoms with Crippen LogP contribution in [0.5, 0.6) is 0 Å². The van der Waals surface area contributed by atoms with Crippen LogP contribution in [0.2, 0.25) is 0 Å². The molecule has 0 spiro atoms. The van der Waals surface area contributed by atoms with E-state index in [4.69, 9.17) is 5.11 Å². The summed E-state index contributed by atoms with van der Waals surface area (Å²) in [6, 6.07) is 5.45. The first-order chi connectivity index (χ1) is 9.95. The van der Waals surface area contributed by atoms with E-state index in [1.807, 2.05) is 0 Å². The Morgan fingerprint density at radius 3 is 2.52 bits per heavy atom. The number of hydrogen-bond acceptors (Lipinski definition) is 3. The molecule has 0 bridgehead atoms. The van der Waals surface area contributed by atoms with Crippen molar-refractivity contribution in [2.45, 2.75) is 18.9 Å². The average Bonchev–Trinajstić information content (AvgIpc) is 2.43. The molecule has 3 N–H and O–H groups in total. The van der Waals surface area contributed by atoms with Crippen LogP contribution < -0.4 is 10.6 Å². The van der Waals surface area contributed by atoms with Crippen LogP contribution in [0.1, 0.15) is 23.2 Å². The van der Waals surface area contributed by atoms with Gasteiger partial charge in [-0.2, -0.15) is 0 Å². The molecule has 112 valence electrons. The molecule has 21 heavy (non-hydrogen) atoms. The van der Waals surface area contributed by atoms with E-state index in [0.29, 0.717) is 25.1 Å². The Bertz CT molecular complexity index is 556. The second kappa shape index (κ2) is 6.25. The Morgan fingerprint density at radius 2 is 1.95 bits per heavy atom. The van der Waals surface area contributed by atoms with Crippen LogP contribution in [0, 0.1) is 0 Å². The Hall–Kier alpha value is -2.57. The van der Waals surface area contributed by atoms with Gasteiger partial charge in [-0.1, -0.05) is 0 Å². The smallest absolute Gasteiger partial charge is 0.335 e. The summed E-state index contributed by atoms with van der Waals surface area (Å²) in [4.78, 5) is 35.5. The average molecular weight is 291 g/mol. The fourth-order valence-corrected chi connectivity index (χ4v) is 2.18. The highest BCUT2D eigenvalue weighted by molar-refractivity contribution is 5.91. The highest BCUT2D eigenvalue weighted by Gasteiger charge is 2.23. The Balaban J connectivity index is 1.87. The van der Waals surface area contributed by atoms with Gasteiger partial charge in [-0.3, -0.25) is 4.79 Å². The fourth-order valence-electron chi connectivity index (χ4n) is 2.18. The zero-order valence-corrected chi connectivity index (χ0v) is 11.6. The van der Waals surface area contributed by atoms with E-state index in [0.717, 1.165) is 0 Å². The number of carbonyl (C=O) groups excluding carboxylic acids is 2. The number of anilines is 1. The third-order valence-electron chi connectivity index (χ3n) is 3.35. The standard InChI is InChI=1S/C14H17N3O4/c1-17-8-11(6-7-12(17)18)16-14(21)15-10-4-2-9(3-5-10)13(19)20/h2-5,11H,6-8H2,1H3,(H,19,20)(H2,15,16,21). The van der Waals surface area contributed by atoms with Crippen LogP contribution in [0.15, 0.2) is 24.3 Å². The number of nitrogens with one attached hydrogen (secondary N) is 2. The van der Waals surface area contributed by atoms with Gasteiger partial charge in [0.15, 0.2) is 0 Å². The van der Waals surface area contributed by atoms with Crippen LogP contribution in [-0.4, -0.2) is 47.5 Å². The number of urea groups is 1. The molecule has 1 unspecified atom stereocenters. The van der Waals surface area contributed by atoms with Gasteiger partial charge in [0.1, 0.15) is 0 Å². The number of piperidine rings is 1. The van der Waals surface area contributed by atoms with Crippen molar-refractivity contribution in [2.75, 3.05) is 18.9 Å². The predicted molar refractivity (Wildman–Crippen MR) is 76.2 cm³/mol. The highest BCUT2D eigenvalue weighted by atomic mass is 16.4. The number of aromatic carboxylic acids is 1. The Labute approximate surface area is 121 Å². The molecule has 1 aliphatic rings. The second-order valence-electron chi connectivity index (χ2n) is 4.99. The zero-order chi connectivity index (χ0) is 15.4. The number of benzene rings is 1. The molecule has 0 aliphatic carbocycles. The quantitative estimate of drug-likeness (QED) is 0.777. The minimum Gasteiger partial charge on any atom is -0.478 e. The summed E-state index contributed by atoms with van der Waals surface area (Å²) in [5.41, 5.74) is 0.672. The molecule has 0 saturated carbocycles. The van der Waals surface area contributed by atoms with E-state index in [2.05, 4.69) is 10.6 Å². The van der Waals surface area contributed by atoms with E-state index in [9.17, 15) is 14.4 Å². The van der Waals surface area contributed by atoms with E-state index in [1.54, 1.807) is 11.9 Å². The molecule has 1 atom stereocenters. The van der Waals surface area contributed by atoms with Gasteiger partial charge >= 0.3 is 12.0 Å².